The molecule has 8 heteroatoms. The molecule has 3 rings (SSSR count). The summed E-state index contributed by atoms with van der Waals surface area (Å²) in [5.74, 6) is -0.0692. The van der Waals surface area contributed by atoms with E-state index in [2.05, 4.69) is 4.98 Å². The second-order valence-corrected chi connectivity index (χ2v) is 5.08. The number of halogens is 3. The highest BCUT2D eigenvalue weighted by molar-refractivity contribution is 6.61. The largest absolute Gasteiger partial charge is 1.00 e. The maximum Gasteiger partial charge on any atom is 0.409 e. The van der Waals surface area contributed by atoms with Crippen molar-refractivity contribution in [2.24, 2.45) is 0 Å². The van der Waals surface area contributed by atoms with E-state index in [1.807, 2.05) is 0 Å². The summed E-state index contributed by atoms with van der Waals surface area (Å²) < 4.78 is 6.36. The predicted molar refractivity (Wildman–Crippen MR) is 82.5 cm³/mol. The van der Waals surface area contributed by atoms with Crippen LogP contribution in [-0.2, 0) is 0 Å². The molecule has 0 unspecified atom stereocenters. The van der Waals surface area contributed by atoms with Gasteiger partial charge in [0.05, 0.1) is 5.52 Å². The molecule has 5 nitrogen and oxygen atoms in total. The summed E-state index contributed by atoms with van der Waals surface area (Å²) in [7, 11) is 0. The lowest BCUT2D eigenvalue weighted by atomic mass is 10.1. The molecule has 0 radical (unpaired) electrons. The van der Waals surface area contributed by atoms with Crippen LogP contribution < -0.4 is 27.7 Å². The van der Waals surface area contributed by atoms with Crippen molar-refractivity contribution < 1.29 is 26.9 Å². The average Bonchev–Trinajstić information content (AvgIpc) is 2.53. The van der Waals surface area contributed by atoms with Crippen LogP contribution in [0.15, 0.2) is 53.6 Å². The van der Waals surface area contributed by atoms with Crippen molar-refractivity contribution in [2.75, 3.05) is 0 Å². The zero-order chi connectivity index (χ0) is 15.7. The molecule has 0 saturated carbocycles. The minimum Gasteiger partial charge on any atom is -1.00 e. The van der Waals surface area contributed by atoms with Crippen molar-refractivity contribution in [1.29, 1.82) is 0 Å². The van der Waals surface area contributed by atoms with Gasteiger partial charge >= 0.3 is 5.43 Å². The van der Waals surface area contributed by atoms with E-state index in [-0.39, 0.29) is 34.3 Å². The van der Waals surface area contributed by atoms with Crippen LogP contribution in [0.3, 0.4) is 0 Å². The number of hydrogen-bond donors (Lipinski definition) is 0. The number of carbonyl (C=O) groups excluding carboxylic acids is 1. The van der Waals surface area contributed by atoms with Gasteiger partial charge in [0.15, 0.2) is 17.5 Å². The Bertz CT molecular complexity index is 926. The Morgan fingerprint density at radius 1 is 1.17 bits per heavy atom. The van der Waals surface area contributed by atoms with Gasteiger partial charge in [0, 0.05) is 29.9 Å². The number of rotatable bonds is 2. The highest BCUT2D eigenvalue weighted by Gasteiger charge is 2.24. The Morgan fingerprint density at radius 3 is 2.57 bits per heavy atom. The number of nitrogens with zero attached hydrogens (tertiary/aromatic N) is 1. The predicted octanol–water partition coefficient (Wildman–Crippen LogP) is 0.176. The van der Waals surface area contributed by atoms with E-state index in [9.17, 15) is 9.59 Å². The maximum atomic E-state index is 12.7. The van der Waals surface area contributed by atoms with Crippen molar-refractivity contribution in [1.82, 2.24) is 4.40 Å². The molecule has 3 aromatic heterocycles. The van der Waals surface area contributed by atoms with Gasteiger partial charge in [0.2, 0.25) is 5.69 Å². The first-order valence-electron chi connectivity index (χ1n) is 6.27. The quantitative estimate of drug-likeness (QED) is 0.604. The van der Waals surface area contributed by atoms with Crippen molar-refractivity contribution in [3.05, 3.63) is 64.2 Å². The lowest BCUT2D eigenvalue weighted by molar-refractivity contribution is -0.364. The van der Waals surface area contributed by atoms with E-state index in [0.717, 1.165) is 0 Å². The monoisotopic (exact) mass is 370 g/mol. The molecular weight excluding hydrogens is 363 g/mol. The molecular formula is C15H9Cl3N2O3. The summed E-state index contributed by atoms with van der Waals surface area (Å²) in [5, 5.41) is 0.126. The van der Waals surface area contributed by atoms with E-state index < -0.39 is 5.43 Å². The van der Waals surface area contributed by atoms with Crippen LogP contribution in [0.5, 0.6) is 5.75 Å². The van der Waals surface area contributed by atoms with Crippen LogP contribution in [0.25, 0.3) is 16.8 Å². The van der Waals surface area contributed by atoms with Crippen molar-refractivity contribution in [3.63, 3.8) is 0 Å². The highest BCUT2D eigenvalue weighted by Crippen LogP contribution is 2.35. The second-order valence-electron chi connectivity index (χ2n) is 4.40. The fourth-order valence-electron chi connectivity index (χ4n) is 2.21. The van der Waals surface area contributed by atoms with Crippen LogP contribution in [-0.4, -0.2) is 9.83 Å². The molecule has 0 aliphatic carbocycles. The molecule has 0 amide bonds. The number of nitrogens with one attached hydrogen (secondary N) is 1. The summed E-state index contributed by atoms with van der Waals surface area (Å²) in [6.45, 7) is 0. The number of carbonyl (C=O) groups is 1. The minimum absolute atomic E-state index is 0. The number of H-pyrrole nitrogens is 1. The molecule has 3 aromatic rings. The molecule has 118 valence electrons. The molecule has 0 atom stereocenters. The van der Waals surface area contributed by atoms with E-state index >= 15 is 0 Å². The lowest BCUT2D eigenvalue weighted by Gasteiger charge is -2.10. The summed E-state index contributed by atoms with van der Waals surface area (Å²) >= 11 is 11.6. The van der Waals surface area contributed by atoms with Gasteiger partial charge in [-0.05, 0) is 18.2 Å². The Hall–Kier alpha value is -2.08. The Morgan fingerprint density at radius 2 is 1.91 bits per heavy atom. The summed E-state index contributed by atoms with van der Waals surface area (Å²) in [4.78, 5) is 26.8. The van der Waals surface area contributed by atoms with Gasteiger partial charge in [0.25, 0.3) is 5.56 Å². The SMILES string of the molecule is O=C(Cl)Oc1c(-c2cccc[nH+]2)c(=O)n2ccccc2c1Cl.[Cl-]. The fourth-order valence-corrected chi connectivity index (χ4v) is 2.57. The number of aromatic nitrogens is 2. The van der Waals surface area contributed by atoms with E-state index in [4.69, 9.17) is 27.9 Å². The summed E-state index contributed by atoms with van der Waals surface area (Å²) in [5.41, 5.74) is -0.445. The fraction of sp³-hybridized carbons (Fsp3) is 0. The molecule has 0 aliphatic heterocycles. The highest BCUT2D eigenvalue weighted by atomic mass is 35.5. The Balaban J connectivity index is 0.00000192. The normalized spacial score (nSPS) is 10.2. The third-order valence-electron chi connectivity index (χ3n) is 3.10. The zero-order valence-corrected chi connectivity index (χ0v) is 13.7. The molecule has 1 N–H and O–H groups in total. The number of aromatic amines is 1. The minimum atomic E-state index is -1.07. The molecule has 0 fully saturated rings. The van der Waals surface area contributed by atoms with E-state index in [0.29, 0.717) is 11.2 Å². The topological polar surface area (TPSA) is 61.9 Å². The third kappa shape index (κ3) is 3.17. The van der Waals surface area contributed by atoms with Crippen LogP contribution >= 0.6 is 23.2 Å². The Labute approximate surface area is 146 Å². The first-order valence-corrected chi connectivity index (χ1v) is 7.02. The van der Waals surface area contributed by atoms with Crippen LogP contribution in [0.2, 0.25) is 5.02 Å². The molecule has 0 saturated heterocycles. The maximum absolute atomic E-state index is 12.7. The Kier molecular flexibility index (Phi) is 5.26. The van der Waals surface area contributed by atoms with Gasteiger partial charge in [-0.15, -0.1) is 0 Å². The van der Waals surface area contributed by atoms with Gasteiger partial charge in [-0.2, -0.15) is 0 Å². The second kappa shape index (κ2) is 7.00. The smallest absolute Gasteiger partial charge is 0.409 e. The average molecular weight is 372 g/mol. The molecule has 0 aromatic carbocycles. The summed E-state index contributed by atoms with van der Waals surface area (Å²) in [6.07, 6.45) is 3.23. The molecule has 0 bridgehead atoms. The van der Waals surface area contributed by atoms with E-state index in [1.165, 1.54) is 4.40 Å². The van der Waals surface area contributed by atoms with Crippen LogP contribution in [0.4, 0.5) is 4.79 Å². The van der Waals surface area contributed by atoms with Crippen LogP contribution in [0, 0.1) is 0 Å². The van der Waals surface area contributed by atoms with Gasteiger partial charge in [-0.25, -0.2) is 9.78 Å². The van der Waals surface area contributed by atoms with Gasteiger partial charge in [-0.3, -0.25) is 9.20 Å². The van der Waals surface area contributed by atoms with Crippen molar-refractivity contribution in [2.45, 2.75) is 0 Å². The van der Waals surface area contributed by atoms with E-state index in [1.54, 1.807) is 48.8 Å². The third-order valence-corrected chi connectivity index (χ3v) is 3.55. The number of ether oxygens (including phenoxy) is 1. The number of fused-ring (bicyclic) bond motifs is 1. The van der Waals surface area contributed by atoms with Gasteiger partial charge < -0.3 is 17.1 Å². The number of hydrogen-bond acceptors (Lipinski definition) is 3. The summed E-state index contributed by atoms with van der Waals surface area (Å²) in [6, 6.07) is 10.3. The van der Waals surface area contributed by atoms with Crippen LogP contribution in [0.1, 0.15) is 0 Å². The van der Waals surface area contributed by atoms with Gasteiger partial charge in [-0.1, -0.05) is 17.7 Å². The molecule has 0 spiro atoms. The number of pyridine rings is 3. The first kappa shape index (κ1) is 17.3. The molecule has 23 heavy (non-hydrogen) atoms. The molecule has 3 heterocycles. The molecule has 0 aliphatic rings. The zero-order valence-electron chi connectivity index (χ0n) is 11.4. The first-order chi connectivity index (χ1) is 10.6. The standard InChI is InChI=1S/C15H8Cl2N2O3.ClH/c16-12-10-6-2-4-8-19(10)14(20)11(13(12)22-15(17)21)9-5-1-3-7-18-9;/h1-8H;1H. The van der Waals surface area contributed by atoms with Gasteiger partial charge in [0.1, 0.15) is 5.02 Å². The van der Waals surface area contributed by atoms with Crippen molar-refractivity contribution in [3.8, 4) is 17.0 Å². The van der Waals surface area contributed by atoms with Crippen molar-refractivity contribution >= 4 is 34.1 Å². The lowest BCUT2D eigenvalue weighted by Crippen LogP contribution is -3.00.